The Labute approximate surface area is 266 Å². The van der Waals surface area contributed by atoms with E-state index in [1.807, 2.05) is 34.6 Å². The molecule has 1 saturated carbocycles. The number of carbonyl (C=O) groups excluding carboxylic acids is 3. The molecule has 1 aromatic carbocycles. The van der Waals surface area contributed by atoms with Crippen molar-refractivity contribution >= 4 is 29.3 Å². The van der Waals surface area contributed by atoms with E-state index in [9.17, 15) is 27.6 Å². The molecule has 2 aliphatic heterocycles. The summed E-state index contributed by atoms with van der Waals surface area (Å²) >= 11 is 0. The van der Waals surface area contributed by atoms with Crippen molar-refractivity contribution in [3.63, 3.8) is 0 Å². The van der Waals surface area contributed by atoms with E-state index < -0.39 is 54.0 Å². The Hall–Kier alpha value is -3.64. The highest BCUT2D eigenvalue weighted by molar-refractivity contribution is 5.89. The van der Waals surface area contributed by atoms with Crippen LogP contribution in [0.2, 0.25) is 0 Å². The van der Waals surface area contributed by atoms with Crippen molar-refractivity contribution in [1.82, 2.24) is 20.2 Å². The van der Waals surface area contributed by atoms with E-state index in [-0.39, 0.29) is 30.0 Å². The van der Waals surface area contributed by atoms with E-state index in [1.54, 1.807) is 6.07 Å². The van der Waals surface area contributed by atoms with Gasteiger partial charge in [-0.2, -0.15) is 13.2 Å². The number of aldehydes is 1. The zero-order chi connectivity index (χ0) is 33.4. The number of alkyl halides is 3. The number of rotatable bonds is 4. The van der Waals surface area contributed by atoms with Gasteiger partial charge in [-0.3, -0.25) is 4.79 Å². The molecule has 1 aliphatic carbocycles. The van der Waals surface area contributed by atoms with Gasteiger partial charge in [-0.1, -0.05) is 40.5 Å². The summed E-state index contributed by atoms with van der Waals surface area (Å²) in [7, 11) is 0. The molecule has 0 unspecified atom stereocenters. The number of aryl methyl sites for hydroxylation is 1. The van der Waals surface area contributed by atoms with E-state index in [1.165, 1.54) is 17.0 Å². The molecular formula is C33H43F3N4O6. The minimum atomic E-state index is -4.49. The summed E-state index contributed by atoms with van der Waals surface area (Å²) in [5.74, 6) is -0.364. The van der Waals surface area contributed by atoms with Crippen molar-refractivity contribution in [3.8, 4) is 11.6 Å². The second kappa shape index (κ2) is 12.9. The Balaban J connectivity index is 1.50. The van der Waals surface area contributed by atoms with E-state index in [0.29, 0.717) is 29.6 Å². The van der Waals surface area contributed by atoms with Crippen LogP contribution in [-0.4, -0.2) is 76.3 Å². The summed E-state index contributed by atoms with van der Waals surface area (Å²) in [4.78, 5) is 50.6. The fourth-order valence-corrected chi connectivity index (χ4v) is 6.65. The maximum absolute atomic E-state index is 14.1. The van der Waals surface area contributed by atoms with Crippen LogP contribution in [0.25, 0.3) is 11.0 Å². The summed E-state index contributed by atoms with van der Waals surface area (Å²) < 4.78 is 55.6. The predicted molar refractivity (Wildman–Crippen MR) is 162 cm³/mol. The number of hydrogen-bond acceptors (Lipinski definition) is 8. The number of aromatic nitrogens is 2. The van der Waals surface area contributed by atoms with Crippen LogP contribution in [-0.2, 0) is 20.7 Å². The van der Waals surface area contributed by atoms with Crippen LogP contribution in [0, 0.1) is 17.3 Å². The number of ether oxygens (including phenoxy) is 3. The largest absolute Gasteiger partial charge is 0.484 e. The lowest BCUT2D eigenvalue weighted by molar-refractivity contribution is -0.153. The van der Waals surface area contributed by atoms with Gasteiger partial charge in [-0.25, -0.2) is 14.8 Å². The molecule has 5 rings (SSSR count). The molecule has 2 bridgehead atoms. The first-order valence-corrected chi connectivity index (χ1v) is 16.0. The Morgan fingerprint density at radius 2 is 1.89 bits per heavy atom. The zero-order valence-corrected chi connectivity index (χ0v) is 27.0. The first-order valence-electron chi connectivity index (χ1n) is 16.0. The van der Waals surface area contributed by atoms with Crippen LogP contribution in [0.4, 0.5) is 18.0 Å². The second-order valence-corrected chi connectivity index (χ2v) is 14.0. The molecule has 3 heterocycles. The summed E-state index contributed by atoms with van der Waals surface area (Å²) in [6.45, 7) is 7.96. The van der Waals surface area contributed by atoms with Gasteiger partial charge in [0.25, 0.3) is 0 Å². The van der Waals surface area contributed by atoms with E-state index in [4.69, 9.17) is 19.2 Å². The number of carbonyl (C=O) groups is 3. The van der Waals surface area contributed by atoms with Crippen LogP contribution in [0.5, 0.6) is 11.6 Å². The van der Waals surface area contributed by atoms with Crippen molar-refractivity contribution in [2.24, 2.45) is 17.3 Å². The van der Waals surface area contributed by atoms with Crippen LogP contribution in [0.3, 0.4) is 0 Å². The molecule has 252 valence electrons. The van der Waals surface area contributed by atoms with Gasteiger partial charge in [-0.15, -0.1) is 0 Å². The average Bonchev–Trinajstić information content (AvgIpc) is 3.46. The van der Waals surface area contributed by atoms with Crippen LogP contribution >= 0.6 is 0 Å². The Bertz CT molecular complexity index is 1460. The molecule has 1 aromatic heterocycles. The monoisotopic (exact) mass is 648 g/mol. The van der Waals surface area contributed by atoms with Gasteiger partial charge in [0.1, 0.15) is 35.5 Å². The molecule has 13 heteroatoms. The number of benzene rings is 1. The quantitative estimate of drug-likeness (QED) is 0.414. The summed E-state index contributed by atoms with van der Waals surface area (Å²) in [5.41, 5.74) is 0.0951. The van der Waals surface area contributed by atoms with Crippen molar-refractivity contribution in [2.45, 2.75) is 110 Å². The number of fused-ring (bicyclic) bond motifs is 5. The maximum Gasteiger partial charge on any atom is 0.422 e. The van der Waals surface area contributed by atoms with Crippen molar-refractivity contribution < 1.29 is 41.8 Å². The van der Waals surface area contributed by atoms with E-state index in [2.05, 4.69) is 10.3 Å². The van der Waals surface area contributed by atoms with E-state index in [0.717, 1.165) is 38.4 Å². The van der Waals surface area contributed by atoms with Crippen LogP contribution in [0.15, 0.2) is 18.2 Å². The molecule has 10 nitrogen and oxygen atoms in total. The fourth-order valence-electron chi connectivity index (χ4n) is 6.65. The van der Waals surface area contributed by atoms with Crippen molar-refractivity contribution in [3.05, 3.63) is 23.9 Å². The third kappa shape index (κ3) is 7.49. The Morgan fingerprint density at radius 3 is 2.57 bits per heavy atom. The van der Waals surface area contributed by atoms with Gasteiger partial charge < -0.3 is 29.2 Å². The lowest BCUT2D eigenvalue weighted by atomic mass is 9.85. The number of nitrogens with one attached hydrogen (secondary N) is 1. The smallest absolute Gasteiger partial charge is 0.422 e. The summed E-state index contributed by atoms with van der Waals surface area (Å²) in [6, 6.07) is 2.62. The molecule has 2 amide bonds. The molecule has 46 heavy (non-hydrogen) atoms. The second-order valence-electron chi connectivity index (χ2n) is 14.0. The number of amides is 2. The summed E-state index contributed by atoms with van der Waals surface area (Å²) in [5, 5.41) is 2.80. The lowest BCUT2D eigenvalue weighted by Crippen LogP contribution is -2.56. The van der Waals surface area contributed by atoms with Gasteiger partial charge in [0.05, 0.1) is 23.6 Å². The zero-order valence-electron chi connectivity index (χ0n) is 27.0. The minimum absolute atomic E-state index is 0.00400. The highest BCUT2D eigenvalue weighted by atomic mass is 19.4. The molecule has 6 atom stereocenters. The molecule has 2 fully saturated rings. The van der Waals surface area contributed by atoms with Crippen LogP contribution < -0.4 is 14.8 Å². The average molecular weight is 649 g/mol. The number of nitrogens with zero attached hydrogens (tertiary/aromatic N) is 3. The molecule has 1 N–H and O–H groups in total. The third-order valence-corrected chi connectivity index (χ3v) is 9.41. The Kier molecular flexibility index (Phi) is 9.43. The van der Waals surface area contributed by atoms with Gasteiger partial charge in [-0.05, 0) is 56.6 Å². The van der Waals surface area contributed by atoms with Crippen molar-refractivity contribution in [2.75, 3.05) is 13.2 Å². The maximum atomic E-state index is 14.1. The number of halogens is 3. The van der Waals surface area contributed by atoms with E-state index >= 15 is 0 Å². The van der Waals surface area contributed by atoms with Gasteiger partial charge >= 0.3 is 12.3 Å². The first-order chi connectivity index (χ1) is 21.6. The first kappa shape index (κ1) is 33.7. The van der Waals surface area contributed by atoms with Crippen LogP contribution in [0.1, 0.15) is 78.8 Å². The topological polar surface area (TPSA) is 120 Å². The molecule has 2 aromatic rings. The van der Waals surface area contributed by atoms with Crippen molar-refractivity contribution in [1.29, 1.82) is 0 Å². The van der Waals surface area contributed by atoms with Gasteiger partial charge in [0.15, 0.2) is 6.61 Å². The number of alkyl carbamates (subject to hydrolysis) is 1. The summed E-state index contributed by atoms with van der Waals surface area (Å²) in [6.07, 6.45) is 0.241. The molecule has 1 saturated heterocycles. The minimum Gasteiger partial charge on any atom is -0.484 e. The third-order valence-electron chi connectivity index (χ3n) is 9.41. The molecule has 0 radical (unpaired) electrons. The highest BCUT2D eigenvalue weighted by Gasteiger charge is 2.54. The SMILES string of the molecule is CC[C@@H]1[C@@H]2CN(C(=O)[C@H](C(C)(C)C)NC(=O)O[C@]3(C)C[C@H]3CCCCCc3nc4ccc(OCC(F)(F)F)cc4nc3O2)[C@@H]1C=O. The predicted octanol–water partition coefficient (Wildman–Crippen LogP) is 5.79. The normalized spacial score (nSPS) is 29.4. The molecule has 0 spiro atoms. The van der Waals surface area contributed by atoms with Gasteiger partial charge in [0.2, 0.25) is 11.8 Å². The highest BCUT2D eigenvalue weighted by Crippen LogP contribution is 2.49. The standard InChI is InChI=1S/C33H43F3N4O6/c1-6-21-25(17-41)40-16-26(21)45-28-23(37-22-13-12-20(14-24(22)38-28)44-18-33(34,35)36)11-9-7-8-10-19-15-32(19,5)46-30(43)39-27(29(40)42)31(2,3)4/h12-14,17,19,21,25-27H,6-11,15-16,18H2,1-5H3,(H,39,43)/t19-,21+,25-,26+,27-,32-/m1/s1. The molecular weight excluding hydrogens is 605 g/mol. The fraction of sp³-hybridized carbons (Fsp3) is 0.667. The van der Waals surface area contributed by atoms with Gasteiger partial charge in [0, 0.05) is 17.9 Å². The Morgan fingerprint density at radius 1 is 1.13 bits per heavy atom. The number of hydrogen-bond donors (Lipinski definition) is 1. The molecule has 3 aliphatic rings. The lowest BCUT2D eigenvalue weighted by Gasteiger charge is -2.35.